The Balaban J connectivity index is 1.40. The smallest absolute Gasteiger partial charge is 0.321 e. The second kappa shape index (κ2) is 18.1. The molecule has 0 aliphatic rings. The fourth-order valence-corrected chi connectivity index (χ4v) is 9.29. The number of hydrogen-bond acceptors (Lipinski definition) is 9. The summed E-state index contributed by atoms with van der Waals surface area (Å²) in [5.74, 6) is -2.70. The zero-order valence-corrected chi connectivity index (χ0v) is 32.0. The quantitative estimate of drug-likeness (QED) is 0.0938. The van der Waals surface area contributed by atoms with Crippen molar-refractivity contribution in [3.63, 3.8) is 0 Å². The number of anilines is 2. The Morgan fingerprint density at radius 2 is 0.962 bits per heavy atom. The van der Waals surface area contributed by atoms with Crippen LogP contribution in [-0.2, 0) is 29.6 Å². The Bertz CT molecular complexity index is 1980. The van der Waals surface area contributed by atoms with Gasteiger partial charge in [0.25, 0.3) is 0 Å². The molecule has 0 saturated carbocycles. The molecule has 288 valence electrons. The van der Waals surface area contributed by atoms with Crippen LogP contribution in [0.5, 0.6) is 0 Å². The van der Waals surface area contributed by atoms with E-state index in [9.17, 15) is 41.0 Å². The Morgan fingerprint density at radius 1 is 0.604 bits per heavy atom. The minimum atomic E-state index is -4.25. The minimum absolute atomic E-state index is 0.0445. The third kappa shape index (κ3) is 10.4. The highest BCUT2D eigenvalue weighted by molar-refractivity contribution is 7.90. The number of carbonyl (C=O) groups is 2. The van der Waals surface area contributed by atoms with Crippen molar-refractivity contribution in [1.29, 1.82) is 0 Å². The highest BCUT2D eigenvalue weighted by atomic mass is 32.2. The van der Waals surface area contributed by atoms with E-state index < -0.39 is 50.7 Å². The van der Waals surface area contributed by atoms with E-state index in [1.54, 1.807) is 48.5 Å². The van der Waals surface area contributed by atoms with Crippen molar-refractivity contribution in [2.45, 2.75) is 54.0 Å². The van der Waals surface area contributed by atoms with Crippen LogP contribution in [-0.4, -0.2) is 110 Å². The van der Waals surface area contributed by atoms with E-state index in [1.807, 2.05) is 55.0 Å². The van der Waals surface area contributed by atoms with Crippen LogP contribution >= 0.6 is 0 Å². The second-order valence-electron chi connectivity index (χ2n) is 13.2. The number of nitrogens with one attached hydrogen (secondary N) is 2. The van der Waals surface area contributed by atoms with Crippen molar-refractivity contribution in [1.82, 2.24) is 14.3 Å². The Kier molecular flexibility index (Phi) is 14.2. The summed E-state index contributed by atoms with van der Waals surface area (Å²) in [4.78, 5) is 29.9. The Labute approximate surface area is 310 Å². The number of fused-ring (bicyclic) bond motifs is 2. The Hall–Kier alpha value is -4.35. The number of carboxylic acids is 2. The van der Waals surface area contributed by atoms with Crippen LogP contribution in [0.1, 0.15) is 32.1 Å². The fraction of sp³-hybridized carbons (Fsp3) is 0.405. The minimum Gasteiger partial charge on any atom is -0.480 e. The van der Waals surface area contributed by atoms with E-state index in [1.165, 1.54) is 12.1 Å². The molecule has 4 rings (SSSR count). The summed E-state index contributed by atoms with van der Waals surface area (Å²) < 4.78 is 71.9. The van der Waals surface area contributed by atoms with Crippen LogP contribution in [0.4, 0.5) is 15.8 Å². The van der Waals surface area contributed by atoms with Crippen molar-refractivity contribution in [3.05, 3.63) is 72.8 Å². The zero-order valence-electron chi connectivity index (χ0n) is 30.3. The van der Waals surface area contributed by atoms with Gasteiger partial charge in [0, 0.05) is 67.7 Å². The van der Waals surface area contributed by atoms with E-state index in [4.69, 9.17) is 0 Å². The third-order valence-corrected chi connectivity index (χ3v) is 12.1. The molecule has 13 nitrogen and oxygen atoms in total. The lowest BCUT2D eigenvalue weighted by molar-refractivity contribution is -0.140. The molecular formula is C37H48FN5O8S2. The number of hydrogen-bond donors (Lipinski definition) is 4. The first-order valence-electron chi connectivity index (χ1n) is 17.2. The van der Waals surface area contributed by atoms with Crippen molar-refractivity contribution in [2.75, 3.05) is 64.3 Å². The molecule has 0 bridgehead atoms. The number of carboxylic acid groups (broad SMARTS) is 2. The topological polar surface area (TPSA) is 177 Å². The van der Waals surface area contributed by atoms with Gasteiger partial charge in [-0.05, 0) is 69.5 Å². The van der Waals surface area contributed by atoms with Gasteiger partial charge >= 0.3 is 11.9 Å². The van der Waals surface area contributed by atoms with Gasteiger partial charge < -0.3 is 24.9 Å². The maximum Gasteiger partial charge on any atom is 0.321 e. The number of sulfonamides is 2. The molecule has 0 heterocycles. The molecule has 0 radical (unpaired) electrons. The van der Waals surface area contributed by atoms with Gasteiger partial charge in [-0.25, -0.2) is 16.8 Å². The molecule has 16 heteroatoms. The van der Waals surface area contributed by atoms with E-state index in [2.05, 4.69) is 9.44 Å². The zero-order chi connectivity index (χ0) is 38.9. The lowest BCUT2D eigenvalue weighted by atomic mass is 10.1. The number of halogens is 1. The summed E-state index contributed by atoms with van der Waals surface area (Å²) in [5, 5.41) is 22.2. The summed E-state index contributed by atoms with van der Waals surface area (Å²) in [6.45, 7) is 0.240. The van der Waals surface area contributed by atoms with Gasteiger partial charge in [0.2, 0.25) is 20.0 Å². The number of nitrogens with zero attached hydrogens (tertiary/aromatic N) is 3. The first-order valence-corrected chi connectivity index (χ1v) is 20.2. The van der Waals surface area contributed by atoms with Gasteiger partial charge in [-0.2, -0.15) is 9.44 Å². The van der Waals surface area contributed by atoms with E-state index in [-0.39, 0.29) is 61.5 Å². The maximum absolute atomic E-state index is 13.5. The number of alkyl halides is 1. The van der Waals surface area contributed by atoms with E-state index >= 15 is 0 Å². The average molecular weight is 774 g/mol. The molecule has 0 aromatic heterocycles. The number of rotatable bonds is 21. The van der Waals surface area contributed by atoms with Crippen molar-refractivity contribution < 1.29 is 41.0 Å². The molecule has 4 aromatic rings. The van der Waals surface area contributed by atoms with Gasteiger partial charge in [0.15, 0.2) is 0 Å². The summed E-state index contributed by atoms with van der Waals surface area (Å²) in [5.41, 5.74) is 1.61. The van der Waals surface area contributed by atoms with Crippen molar-refractivity contribution in [3.8, 4) is 0 Å². The fourth-order valence-electron chi connectivity index (χ4n) is 6.40. The molecule has 0 spiro atoms. The third-order valence-electron chi connectivity index (χ3n) is 8.99. The van der Waals surface area contributed by atoms with E-state index in [0.717, 1.165) is 11.4 Å². The van der Waals surface area contributed by atoms with Crippen LogP contribution < -0.4 is 19.2 Å². The molecule has 53 heavy (non-hydrogen) atoms. The molecular weight excluding hydrogens is 726 g/mol. The standard InChI is InChI=1S/C37H48FN5O8S2/c1-41(2)32-18-5-14-28-26(32)12-7-20-34(28)52(48,49)39-30(36(44)45)16-9-23-43(25-11-22-38)24-10-17-31(37(46)47)40-53(50,51)35-21-8-13-27-29(35)15-6-19-33(27)42(3)4/h5-8,12-15,18-21,30-31,39-40H,9-11,16-17,22-25H2,1-4H3,(H,44,45)(H,46,47). The highest BCUT2D eigenvalue weighted by Gasteiger charge is 2.29. The van der Waals surface area contributed by atoms with Crippen molar-refractivity contribution in [2.24, 2.45) is 0 Å². The van der Waals surface area contributed by atoms with Crippen LogP contribution in [0.3, 0.4) is 0 Å². The van der Waals surface area contributed by atoms with Crippen LogP contribution in [0.15, 0.2) is 82.6 Å². The molecule has 0 aliphatic carbocycles. The average Bonchev–Trinajstić information content (AvgIpc) is 3.11. The molecule has 0 saturated heterocycles. The SMILES string of the molecule is CN(C)c1cccc2c(S(=O)(=O)NC(CCCN(CCCF)CCCC(NS(=O)(=O)c3cccc4c(N(C)C)cccc34)C(=O)O)C(=O)O)cccc12. The van der Waals surface area contributed by atoms with Gasteiger partial charge in [0.1, 0.15) is 12.1 Å². The molecule has 0 fully saturated rings. The molecule has 2 unspecified atom stereocenters. The second-order valence-corrected chi connectivity index (χ2v) is 16.6. The van der Waals surface area contributed by atoms with Gasteiger partial charge in [-0.15, -0.1) is 0 Å². The summed E-state index contributed by atoms with van der Waals surface area (Å²) in [6, 6.07) is 17.3. The molecule has 4 aromatic carbocycles. The summed E-state index contributed by atoms with van der Waals surface area (Å²) in [6.07, 6.45) is 0.517. The van der Waals surface area contributed by atoms with E-state index in [0.29, 0.717) is 21.5 Å². The summed E-state index contributed by atoms with van der Waals surface area (Å²) in [7, 11) is -1.15. The van der Waals surface area contributed by atoms with Gasteiger partial charge in [-0.3, -0.25) is 14.0 Å². The predicted octanol–water partition coefficient (Wildman–Crippen LogP) is 4.51. The molecule has 0 aliphatic heterocycles. The lowest BCUT2D eigenvalue weighted by Crippen LogP contribution is -2.42. The van der Waals surface area contributed by atoms with Crippen molar-refractivity contribution >= 4 is 64.9 Å². The van der Waals surface area contributed by atoms with Crippen LogP contribution in [0.2, 0.25) is 0 Å². The van der Waals surface area contributed by atoms with Crippen LogP contribution in [0.25, 0.3) is 21.5 Å². The van der Waals surface area contributed by atoms with Gasteiger partial charge in [0.05, 0.1) is 16.5 Å². The molecule has 0 amide bonds. The molecule has 2 atom stereocenters. The predicted molar refractivity (Wildman–Crippen MR) is 206 cm³/mol. The van der Waals surface area contributed by atoms with Crippen LogP contribution in [0, 0.1) is 0 Å². The maximum atomic E-state index is 13.5. The summed E-state index contributed by atoms with van der Waals surface area (Å²) >= 11 is 0. The monoisotopic (exact) mass is 773 g/mol. The highest BCUT2D eigenvalue weighted by Crippen LogP contribution is 2.31. The first kappa shape index (κ1) is 41.4. The Morgan fingerprint density at radius 3 is 1.32 bits per heavy atom. The number of benzene rings is 4. The molecule has 4 N–H and O–H groups in total. The van der Waals surface area contributed by atoms with Gasteiger partial charge in [-0.1, -0.05) is 48.5 Å². The first-order chi connectivity index (χ1) is 25.1. The largest absolute Gasteiger partial charge is 0.480 e. The normalized spacial score (nSPS) is 13.3. The lowest BCUT2D eigenvalue weighted by Gasteiger charge is -2.24. The number of aliphatic carboxylic acids is 2.